The summed E-state index contributed by atoms with van der Waals surface area (Å²) in [6.45, 7) is 1.81. The average Bonchev–Trinajstić information content (AvgIpc) is 2.76. The third kappa shape index (κ3) is 6.48. The molecule has 0 aromatic heterocycles. The van der Waals surface area contributed by atoms with E-state index in [0.717, 1.165) is 22.4 Å². The van der Waals surface area contributed by atoms with Gasteiger partial charge >= 0.3 is 5.97 Å². The van der Waals surface area contributed by atoms with Crippen molar-refractivity contribution in [2.45, 2.75) is 19.8 Å². The number of anilines is 1. The van der Waals surface area contributed by atoms with Crippen molar-refractivity contribution in [1.82, 2.24) is 0 Å². The van der Waals surface area contributed by atoms with Crippen molar-refractivity contribution in [3.05, 3.63) is 95.6 Å². The van der Waals surface area contributed by atoms with E-state index in [9.17, 15) is 9.59 Å². The van der Waals surface area contributed by atoms with Crippen LogP contribution >= 0.6 is 0 Å². The highest BCUT2D eigenvalue weighted by molar-refractivity contribution is 5.93. The quantitative estimate of drug-likeness (QED) is 0.533. The van der Waals surface area contributed by atoms with Crippen LogP contribution in [-0.4, -0.2) is 25.1 Å². The first-order valence-electron chi connectivity index (χ1n) is 9.87. The number of nitrogens with one attached hydrogen (secondary N) is 1. The van der Waals surface area contributed by atoms with Gasteiger partial charge in [-0.1, -0.05) is 66.7 Å². The summed E-state index contributed by atoms with van der Waals surface area (Å²) in [7, 11) is 0. The van der Waals surface area contributed by atoms with Crippen LogP contribution in [0.25, 0.3) is 0 Å². The highest BCUT2D eigenvalue weighted by Gasteiger charge is 2.11. The predicted octanol–water partition coefficient (Wildman–Crippen LogP) is 4.54. The lowest BCUT2D eigenvalue weighted by Crippen LogP contribution is -2.22. The summed E-state index contributed by atoms with van der Waals surface area (Å²) in [6, 6.07) is 25.2. The number of para-hydroxylation sites is 2. The summed E-state index contributed by atoms with van der Waals surface area (Å²) in [5, 5.41) is 2.83. The molecule has 0 saturated carbocycles. The molecule has 0 unspecified atom stereocenters. The van der Waals surface area contributed by atoms with Crippen molar-refractivity contribution in [3.8, 4) is 5.75 Å². The van der Waals surface area contributed by atoms with E-state index in [4.69, 9.17) is 9.47 Å². The standard InChI is InChI=1S/C25H25NO4/c1-19-9-5-8-14-23(19)29-16-15-25(28)30-18-24(27)26-22-13-7-6-12-21(22)17-20-10-3-2-4-11-20/h2-14H,15-18H2,1H3,(H,26,27). The van der Waals surface area contributed by atoms with E-state index in [2.05, 4.69) is 5.32 Å². The third-order valence-corrected chi connectivity index (χ3v) is 4.55. The van der Waals surface area contributed by atoms with Gasteiger partial charge in [0, 0.05) is 5.69 Å². The van der Waals surface area contributed by atoms with Gasteiger partial charge in [-0.15, -0.1) is 0 Å². The third-order valence-electron chi connectivity index (χ3n) is 4.55. The fourth-order valence-electron chi connectivity index (χ4n) is 2.98. The molecule has 0 aliphatic carbocycles. The SMILES string of the molecule is Cc1ccccc1OCCC(=O)OCC(=O)Nc1ccccc1Cc1ccccc1. The molecule has 0 heterocycles. The van der Waals surface area contributed by atoms with Crippen LogP contribution < -0.4 is 10.1 Å². The van der Waals surface area contributed by atoms with Gasteiger partial charge in [0.1, 0.15) is 5.75 Å². The van der Waals surface area contributed by atoms with Gasteiger partial charge in [0.25, 0.3) is 5.91 Å². The first-order chi connectivity index (χ1) is 14.6. The molecule has 3 aromatic carbocycles. The molecule has 0 bridgehead atoms. The van der Waals surface area contributed by atoms with Crippen molar-refractivity contribution in [2.75, 3.05) is 18.5 Å². The zero-order valence-corrected chi connectivity index (χ0v) is 17.0. The maximum Gasteiger partial charge on any atom is 0.309 e. The van der Waals surface area contributed by atoms with E-state index < -0.39 is 5.97 Å². The Morgan fingerprint density at radius 2 is 1.57 bits per heavy atom. The summed E-state index contributed by atoms with van der Waals surface area (Å²) in [6.07, 6.45) is 0.777. The fraction of sp³-hybridized carbons (Fsp3) is 0.200. The number of carbonyl (C=O) groups excluding carboxylic acids is 2. The molecule has 0 aliphatic heterocycles. The first-order valence-corrected chi connectivity index (χ1v) is 9.87. The van der Waals surface area contributed by atoms with E-state index in [0.29, 0.717) is 12.1 Å². The van der Waals surface area contributed by atoms with Gasteiger partial charge in [-0.25, -0.2) is 0 Å². The number of benzene rings is 3. The van der Waals surface area contributed by atoms with Crippen molar-refractivity contribution >= 4 is 17.6 Å². The molecule has 1 amide bonds. The molecule has 0 spiro atoms. The Morgan fingerprint density at radius 1 is 0.867 bits per heavy atom. The van der Waals surface area contributed by atoms with E-state index >= 15 is 0 Å². The molecule has 3 rings (SSSR count). The van der Waals surface area contributed by atoms with Crippen LogP contribution in [0.3, 0.4) is 0 Å². The molecular weight excluding hydrogens is 378 g/mol. The minimum atomic E-state index is -0.476. The number of aryl methyl sites for hydroxylation is 1. The van der Waals surface area contributed by atoms with Gasteiger partial charge in [0.2, 0.25) is 0 Å². The van der Waals surface area contributed by atoms with E-state index in [1.54, 1.807) is 0 Å². The Hall–Kier alpha value is -3.60. The minimum Gasteiger partial charge on any atom is -0.493 e. The Bertz CT molecular complexity index is 985. The number of hydrogen-bond acceptors (Lipinski definition) is 4. The number of carbonyl (C=O) groups is 2. The molecule has 5 heteroatoms. The average molecular weight is 403 g/mol. The van der Waals surface area contributed by atoms with Gasteiger partial charge in [0.15, 0.2) is 6.61 Å². The number of amides is 1. The molecule has 0 aliphatic rings. The van der Waals surface area contributed by atoms with Gasteiger partial charge in [-0.2, -0.15) is 0 Å². The zero-order valence-electron chi connectivity index (χ0n) is 17.0. The van der Waals surface area contributed by atoms with Crippen LogP contribution in [0.1, 0.15) is 23.1 Å². The molecule has 0 atom stereocenters. The van der Waals surface area contributed by atoms with Gasteiger partial charge in [0.05, 0.1) is 13.0 Å². The Labute approximate surface area is 176 Å². The highest BCUT2D eigenvalue weighted by atomic mass is 16.5. The lowest BCUT2D eigenvalue weighted by Gasteiger charge is -2.12. The smallest absolute Gasteiger partial charge is 0.309 e. The predicted molar refractivity (Wildman–Crippen MR) is 117 cm³/mol. The maximum absolute atomic E-state index is 12.2. The van der Waals surface area contributed by atoms with Gasteiger partial charge in [-0.3, -0.25) is 9.59 Å². The van der Waals surface area contributed by atoms with Crippen LogP contribution in [0.5, 0.6) is 5.75 Å². The number of rotatable bonds is 9. The van der Waals surface area contributed by atoms with Crippen molar-refractivity contribution in [2.24, 2.45) is 0 Å². The normalized spacial score (nSPS) is 10.3. The van der Waals surface area contributed by atoms with Crippen LogP contribution in [0, 0.1) is 6.92 Å². The topological polar surface area (TPSA) is 64.6 Å². The van der Waals surface area contributed by atoms with Crippen LogP contribution in [0.2, 0.25) is 0 Å². The molecule has 0 radical (unpaired) electrons. The molecule has 1 N–H and O–H groups in total. The lowest BCUT2D eigenvalue weighted by atomic mass is 10.0. The maximum atomic E-state index is 12.2. The second-order valence-corrected chi connectivity index (χ2v) is 6.89. The second-order valence-electron chi connectivity index (χ2n) is 6.89. The highest BCUT2D eigenvalue weighted by Crippen LogP contribution is 2.19. The van der Waals surface area contributed by atoms with Gasteiger partial charge in [-0.05, 0) is 42.2 Å². The van der Waals surface area contributed by atoms with E-state index in [1.807, 2.05) is 85.8 Å². The molecule has 3 aromatic rings. The molecule has 30 heavy (non-hydrogen) atoms. The summed E-state index contributed by atoms with van der Waals surface area (Å²) in [4.78, 5) is 24.1. The molecule has 0 fully saturated rings. The summed E-state index contributed by atoms with van der Waals surface area (Å²) < 4.78 is 10.7. The second kappa shape index (κ2) is 10.8. The molecular formula is C25H25NO4. The monoisotopic (exact) mass is 403 g/mol. The Kier molecular flexibility index (Phi) is 7.61. The number of esters is 1. The van der Waals surface area contributed by atoms with Crippen LogP contribution in [0.4, 0.5) is 5.69 Å². The molecule has 154 valence electrons. The minimum absolute atomic E-state index is 0.0756. The van der Waals surface area contributed by atoms with Crippen molar-refractivity contribution in [1.29, 1.82) is 0 Å². The van der Waals surface area contributed by atoms with Crippen LogP contribution in [0.15, 0.2) is 78.9 Å². The summed E-state index contributed by atoms with van der Waals surface area (Å²) in [5.41, 5.74) is 3.86. The Balaban J connectivity index is 1.44. The zero-order chi connectivity index (χ0) is 21.2. The fourth-order valence-corrected chi connectivity index (χ4v) is 2.98. The molecule has 0 saturated heterocycles. The number of hydrogen-bond donors (Lipinski definition) is 1. The number of ether oxygens (including phenoxy) is 2. The summed E-state index contributed by atoms with van der Waals surface area (Å²) in [5.74, 6) is -0.113. The van der Waals surface area contributed by atoms with E-state index in [-0.39, 0.29) is 25.5 Å². The van der Waals surface area contributed by atoms with Crippen molar-refractivity contribution < 1.29 is 19.1 Å². The summed E-state index contributed by atoms with van der Waals surface area (Å²) >= 11 is 0. The molecule has 5 nitrogen and oxygen atoms in total. The largest absolute Gasteiger partial charge is 0.493 e. The van der Waals surface area contributed by atoms with Crippen molar-refractivity contribution in [3.63, 3.8) is 0 Å². The first kappa shape index (κ1) is 21.1. The van der Waals surface area contributed by atoms with Crippen LogP contribution in [-0.2, 0) is 20.7 Å². The Morgan fingerprint density at radius 3 is 2.37 bits per heavy atom. The lowest BCUT2D eigenvalue weighted by molar-refractivity contribution is -0.147. The van der Waals surface area contributed by atoms with Gasteiger partial charge < -0.3 is 14.8 Å². The van der Waals surface area contributed by atoms with E-state index in [1.165, 1.54) is 0 Å².